The normalized spacial score (nSPS) is 48.3. The van der Waals surface area contributed by atoms with Gasteiger partial charge < -0.3 is 10.1 Å². The van der Waals surface area contributed by atoms with Gasteiger partial charge in [-0.3, -0.25) is 0 Å². The van der Waals surface area contributed by atoms with E-state index in [0.717, 1.165) is 5.92 Å². The molecule has 1 heterocycles. The molecular formula is C11H17NO2. The monoisotopic (exact) mass is 195 g/mol. The van der Waals surface area contributed by atoms with Crippen molar-refractivity contribution in [3.05, 3.63) is 0 Å². The summed E-state index contributed by atoms with van der Waals surface area (Å²) in [4.78, 5) is 11.2. The van der Waals surface area contributed by atoms with Gasteiger partial charge >= 0.3 is 6.09 Å². The minimum atomic E-state index is -0.217. The molecule has 3 atom stereocenters. The molecular weight excluding hydrogens is 178 g/mol. The van der Waals surface area contributed by atoms with E-state index in [0.29, 0.717) is 12.5 Å². The molecule has 3 rings (SSSR count). The molecule has 1 amide bonds. The Morgan fingerprint density at radius 2 is 2.07 bits per heavy atom. The smallest absolute Gasteiger partial charge is 0.407 e. The van der Waals surface area contributed by atoms with E-state index < -0.39 is 0 Å². The van der Waals surface area contributed by atoms with Crippen LogP contribution in [0.1, 0.15) is 33.1 Å². The Kier molecular flexibility index (Phi) is 1.38. The molecule has 1 aliphatic heterocycles. The maximum absolute atomic E-state index is 11.2. The summed E-state index contributed by atoms with van der Waals surface area (Å²) in [6, 6.07) is 0. The molecule has 1 saturated heterocycles. The zero-order valence-corrected chi connectivity index (χ0v) is 8.80. The van der Waals surface area contributed by atoms with Gasteiger partial charge in [-0.15, -0.1) is 0 Å². The van der Waals surface area contributed by atoms with Gasteiger partial charge in [0, 0.05) is 0 Å². The Hall–Kier alpha value is -0.730. The van der Waals surface area contributed by atoms with Crippen molar-refractivity contribution >= 4 is 6.09 Å². The molecule has 3 nitrogen and oxygen atoms in total. The molecule has 2 unspecified atom stereocenters. The summed E-state index contributed by atoms with van der Waals surface area (Å²) < 4.78 is 5.13. The number of fused-ring (bicyclic) bond motifs is 3. The first kappa shape index (κ1) is 8.57. The summed E-state index contributed by atoms with van der Waals surface area (Å²) in [5.41, 5.74) is 0.162. The van der Waals surface area contributed by atoms with Gasteiger partial charge in [0.2, 0.25) is 0 Å². The van der Waals surface area contributed by atoms with Crippen LogP contribution in [0.3, 0.4) is 0 Å². The first-order valence-corrected chi connectivity index (χ1v) is 5.51. The van der Waals surface area contributed by atoms with Crippen LogP contribution in [-0.2, 0) is 4.74 Å². The number of cyclic esters (lactones) is 1. The Balaban J connectivity index is 2.02. The molecule has 78 valence electrons. The Morgan fingerprint density at radius 1 is 1.36 bits per heavy atom. The molecule has 3 heteroatoms. The summed E-state index contributed by atoms with van der Waals surface area (Å²) in [6.07, 6.45) is 3.65. The van der Waals surface area contributed by atoms with Gasteiger partial charge in [0.05, 0.1) is 5.54 Å². The summed E-state index contributed by atoms with van der Waals surface area (Å²) in [7, 11) is 0. The molecule has 0 aromatic carbocycles. The van der Waals surface area contributed by atoms with E-state index in [1.165, 1.54) is 19.3 Å². The van der Waals surface area contributed by atoms with Crippen molar-refractivity contribution in [2.45, 2.75) is 38.6 Å². The highest BCUT2D eigenvalue weighted by atomic mass is 16.6. The number of alkyl carbamates (subject to hydrolysis) is 1. The highest BCUT2D eigenvalue weighted by molar-refractivity contribution is 5.71. The molecule has 3 aliphatic rings. The minimum absolute atomic E-state index is 0.0486. The molecule has 3 fully saturated rings. The SMILES string of the molecule is CC1(C)C2CCC(C2)[C@]12COC(=O)N2. The second-order valence-corrected chi connectivity index (χ2v) is 5.60. The Labute approximate surface area is 84.2 Å². The van der Waals surface area contributed by atoms with Crippen LogP contribution in [0.5, 0.6) is 0 Å². The number of ether oxygens (including phenoxy) is 1. The van der Waals surface area contributed by atoms with Crippen molar-refractivity contribution in [3.63, 3.8) is 0 Å². The van der Waals surface area contributed by atoms with E-state index in [-0.39, 0.29) is 17.0 Å². The van der Waals surface area contributed by atoms with Crippen molar-refractivity contribution in [2.75, 3.05) is 6.61 Å². The standard InChI is InChI=1S/C11H17NO2/c1-10(2)7-3-4-8(5-7)11(10)6-14-9(13)12-11/h7-8H,3-6H2,1-2H3,(H,12,13)/t7?,8?,11-/m1/s1. The second-order valence-electron chi connectivity index (χ2n) is 5.60. The maximum Gasteiger partial charge on any atom is 0.407 e. The van der Waals surface area contributed by atoms with Gasteiger partial charge in [0.15, 0.2) is 0 Å². The number of rotatable bonds is 0. The Morgan fingerprint density at radius 3 is 2.57 bits per heavy atom. The fourth-order valence-electron chi connectivity index (χ4n) is 3.98. The second kappa shape index (κ2) is 2.26. The van der Waals surface area contributed by atoms with Crippen LogP contribution in [0.4, 0.5) is 4.79 Å². The van der Waals surface area contributed by atoms with Crippen molar-refractivity contribution in [3.8, 4) is 0 Å². The third-order valence-electron chi connectivity index (χ3n) is 5.06. The number of amides is 1. The summed E-state index contributed by atoms with van der Waals surface area (Å²) in [5, 5.41) is 3.09. The predicted octanol–water partition coefficient (Wildman–Crippen LogP) is 1.92. The van der Waals surface area contributed by atoms with E-state index in [1.54, 1.807) is 0 Å². The van der Waals surface area contributed by atoms with Crippen LogP contribution in [0.25, 0.3) is 0 Å². The number of carbonyl (C=O) groups is 1. The molecule has 1 spiro atoms. The molecule has 1 N–H and O–H groups in total. The lowest BCUT2D eigenvalue weighted by molar-refractivity contribution is 0.0550. The minimum Gasteiger partial charge on any atom is -0.447 e. The average molecular weight is 195 g/mol. The Bertz CT molecular complexity index is 300. The van der Waals surface area contributed by atoms with Crippen molar-refractivity contribution in [2.24, 2.45) is 17.3 Å². The van der Waals surface area contributed by atoms with Crippen LogP contribution in [0, 0.1) is 17.3 Å². The van der Waals surface area contributed by atoms with Crippen LogP contribution in [-0.4, -0.2) is 18.2 Å². The average Bonchev–Trinajstić information content (AvgIpc) is 2.72. The molecule has 0 aromatic rings. The van der Waals surface area contributed by atoms with Crippen molar-refractivity contribution < 1.29 is 9.53 Å². The topological polar surface area (TPSA) is 38.3 Å². The number of carbonyl (C=O) groups excluding carboxylic acids is 1. The van der Waals surface area contributed by atoms with Gasteiger partial charge in [-0.25, -0.2) is 4.79 Å². The van der Waals surface area contributed by atoms with Gasteiger partial charge in [-0.1, -0.05) is 13.8 Å². The third kappa shape index (κ3) is 0.733. The van der Waals surface area contributed by atoms with E-state index >= 15 is 0 Å². The van der Waals surface area contributed by atoms with E-state index in [2.05, 4.69) is 19.2 Å². The number of nitrogens with one attached hydrogen (secondary N) is 1. The van der Waals surface area contributed by atoms with Crippen molar-refractivity contribution in [1.29, 1.82) is 0 Å². The molecule has 2 saturated carbocycles. The first-order valence-electron chi connectivity index (χ1n) is 5.51. The summed E-state index contributed by atoms with van der Waals surface area (Å²) in [5.74, 6) is 1.42. The molecule has 0 radical (unpaired) electrons. The van der Waals surface area contributed by atoms with Gasteiger partial charge in [0.1, 0.15) is 6.61 Å². The zero-order valence-electron chi connectivity index (χ0n) is 8.80. The highest BCUT2D eigenvalue weighted by Gasteiger charge is 2.66. The van der Waals surface area contributed by atoms with Crippen LogP contribution in [0.2, 0.25) is 0 Å². The predicted molar refractivity (Wildman–Crippen MR) is 51.8 cm³/mol. The summed E-state index contributed by atoms with van der Waals surface area (Å²) >= 11 is 0. The van der Waals surface area contributed by atoms with E-state index in [1.807, 2.05) is 0 Å². The van der Waals surface area contributed by atoms with Gasteiger partial charge in [0.25, 0.3) is 0 Å². The molecule has 2 bridgehead atoms. The number of hydrogen-bond acceptors (Lipinski definition) is 2. The largest absolute Gasteiger partial charge is 0.447 e. The van der Waals surface area contributed by atoms with Crippen LogP contribution in [0.15, 0.2) is 0 Å². The highest BCUT2D eigenvalue weighted by Crippen LogP contribution is 2.62. The van der Waals surface area contributed by atoms with Gasteiger partial charge in [-0.2, -0.15) is 0 Å². The fourth-order valence-corrected chi connectivity index (χ4v) is 3.98. The summed E-state index contributed by atoms with van der Waals surface area (Å²) in [6.45, 7) is 5.15. The van der Waals surface area contributed by atoms with Crippen molar-refractivity contribution in [1.82, 2.24) is 5.32 Å². The lowest BCUT2D eigenvalue weighted by atomic mass is 9.64. The molecule has 14 heavy (non-hydrogen) atoms. The third-order valence-corrected chi connectivity index (χ3v) is 5.06. The molecule has 2 aliphatic carbocycles. The van der Waals surface area contributed by atoms with Crippen LogP contribution < -0.4 is 5.32 Å². The van der Waals surface area contributed by atoms with E-state index in [9.17, 15) is 4.79 Å². The first-order chi connectivity index (χ1) is 6.56. The zero-order chi connectivity index (χ0) is 9.97. The lowest BCUT2D eigenvalue weighted by Gasteiger charge is -2.45. The quantitative estimate of drug-likeness (QED) is 0.641. The number of hydrogen-bond donors (Lipinski definition) is 1. The lowest BCUT2D eigenvalue weighted by Crippen LogP contribution is -2.58. The van der Waals surface area contributed by atoms with Gasteiger partial charge in [-0.05, 0) is 36.5 Å². The fraction of sp³-hybridized carbons (Fsp3) is 0.909. The molecule has 0 aromatic heterocycles. The maximum atomic E-state index is 11.2. The van der Waals surface area contributed by atoms with E-state index in [4.69, 9.17) is 4.74 Å². The van der Waals surface area contributed by atoms with Crippen LogP contribution >= 0.6 is 0 Å².